The molecule has 1 unspecified atom stereocenters. The summed E-state index contributed by atoms with van der Waals surface area (Å²) < 4.78 is 58.9. The number of hydrogen-bond acceptors (Lipinski definition) is 3. The molecule has 1 heterocycles. The molecule has 3 rings (SSSR count). The van der Waals surface area contributed by atoms with E-state index in [-0.39, 0.29) is 16.3 Å². The van der Waals surface area contributed by atoms with Gasteiger partial charge in [0.25, 0.3) is 5.91 Å². The van der Waals surface area contributed by atoms with Gasteiger partial charge in [-0.3, -0.25) is 4.79 Å². The topological polar surface area (TPSA) is 55.4 Å². The highest BCUT2D eigenvalue weighted by atomic mass is 35.5. The van der Waals surface area contributed by atoms with Gasteiger partial charge in [-0.2, -0.15) is 13.2 Å². The van der Waals surface area contributed by atoms with E-state index >= 15 is 0 Å². The Morgan fingerprint density at radius 2 is 1.76 bits per heavy atom. The summed E-state index contributed by atoms with van der Waals surface area (Å²) in [7, 11) is 0. The van der Waals surface area contributed by atoms with Gasteiger partial charge in [-0.1, -0.05) is 23.7 Å². The van der Waals surface area contributed by atoms with Gasteiger partial charge in [-0.25, -0.2) is 9.18 Å². The lowest BCUT2D eigenvalue weighted by molar-refractivity contribution is -0.251. The average Bonchev–Trinajstić information content (AvgIpc) is 2.82. The summed E-state index contributed by atoms with van der Waals surface area (Å²) in [6.07, 6.45) is -5.25. The minimum Gasteiger partial charge on any atom is -0.430 e. The van der Waals surface area contributed by atoms with Crippen LogP contribution in [0.25, 0.3) is 0 Å². The van der Waals surface area contributed by atoms with Gasteiger partial charge in [0.15, 0.2) is 0 Å². The number of fused-ring (bicyclic) bond motifs is 1. The van der Waals surface area contributed by atoms with Crippen molar-refractivity contribution >= 4 is 29.2 Å². The van der Waals surface area contributed by atoms with Crippen LogP contribution < -0.4 is 5.32 Å². The zero-order valence-electron chi connectivity index (χ0n) is 12.2. The molecule has 0 saturated heterocycles. The summed E-state index contributed by atoms with van der Waals surface area (Å²) >= 11 is 5.82. The molecule has 4 nitrogen and oxygen atoms in total. The zero-order chi connectivity index (χ0) is 18.4. The standard InChI is InChI=1S/C16H8ClF4NO3/c17-11-3-1-2-10-12(11)22-14(24)15(10,16(19,20)21)25-13(23)8-4-6-9(18)7-5-8/h1-7H,(H,22,24). The lowest BCUT2D eigenvalue weighted by atomic mass is 9.94. The summed E-state index contributed by atoms with van der Waals surface area (Å²) in [6.45, 7) is 0. The highest BCUT2D eigenvalue weighted by molar-refractivity contribution is 6.34. The van der Waals surface area contributed by atoms with Crippen LogP contribution in [0.1, 0.15) is 15.9 Å². The number of para-hydroxylation sites is 1. The molecule has 0 fully saturated rings. The number of halogens is 5. The predicted octanol–water partition coefficient (Wildman–Crippen LogP) is 4.05. The average molecular weight is 374 g/mol. The number of esters is 1. The molecular weight excluding hydrogens is 366 g/mol. The Kier molecular flexibility index (Phi) is 3.95. The first-order chi connectivity index (χ1) is 11.7. The highest BCUT2D eigenvalue weighted by Gasteiger charge is 2.69. The molecule has 0 aromatic heterocycles. The van der Waals surface area contributed by atoms with Crippen LogP contribution in [-0.2, 0) is 15.1 Å². The maximum Gasteiger partial charge on any atom is 0.442 e. The molecule has 0 bridgehead atoms. The minimum absolute atomic E-state index is 0.130. The van der Waals surface area contributed by atoms with Crippen molar-refractivity contribution in [3.05, 3.63) is 64.4 Å². The predicted molar refractivity (Wildman–Crippen MR) is 79.6 cm³/mol. The highest BCUT2D eigenvalue weighted by Crippen LogP contribution is 2.51. The molecule has 0 radical (unpaired) electrons. The first kappa shape index (κ1) is 17.2. The third-order valence-electron chi connectivity index (χ3n) is 3.68. The summed E-state index contributed by atoms with van der Waals surface area (Å²) in [5, 5.41) is 1.87. The Morgan fingerprint density at radius 1 is 1.12 bits per heavy atom. The first-order valence-electron chi connectivity index (χ1n) is 6.83. The number of rotatable bonds is 2. The van der Waals surface area contributed by atoms with E-state index in [1.165, 1.54) is 12.1 Å². The smallest absolute Gasteiger partial charge is 0.430 e. The van der Waals surface area contributed by atoms with Gasteiger partial charge < -0.3 is 10.1 Å². The number of benzene rings is 2. The van der Waals surface area contributed by atoms with Crippen LogP contribution in [0.5, 0.6) is 0 Å². The zero-order valence-corrected chi connectivity index (χ0v) is 12.9. The number of hydrogen-bond donors (Lipinski definition) is 1. The number of alkyl halides is 3. The van der Waals surface area contributed by atoms with Gasteiger partial charge in [-0.15, -0.1) is 0 Å². The largest absolute Gasteiger partial charge is 0.442 e. The molecule has 25 heavy (non-hydrogen) atoms. The Hall–Kier alpha value is -2.61. The van der Waals surface area contributed by atoms with Gasteiger partial charge in [0.2, 0.25) is 0 Å². The SMILES string of the molecule is O=C(OC1(C(F)(F)F)C(=O)Nc2c(Cl)cccc21)c1ccc(F)cc1. The van der Waals surface area contributed by atoms with Crippen LogP contribution in [0.3, 0.4) is 0 Å². The van der Waals surface area contributed by atoms with Crippen LogP contribution in [0.4, 0.5) is 23.2 Å². The van der Waals surface area contributed by atoms with E-state index < -0.39 is 35.0 Å². The Morgan fingerprint density at radius 3 is 2.36 bits per heavy atom. The van der Waals surface area contributed by atoms with Crippen LogP contribution in [0.15, 0.2) is 42.5 Å². The van der Waals surface area contributed by atoms with Crippen molar-refractivity contribution in [3.63, 3.8) is 0 Å². The molecule has 1 atom stereocenters. The molecule has 1 aliphatic heterocycles. The van der Waals surface area contributed by atoms with Gasteiger partial charge in [0.1, 0.15) is 5.82 Å². The maximum atomic E-state index is 13.8. The van der Waals surface area contributed by atoms with Gasteiger partial charge >= 0.3 is 17.7 Å². The molecular formula is C16H8ClF4NO3. The second-order valence-corrected chi connectivity index (χ2v) is 5.60. The van der Waals surface area contributed by atoms with Crippen molar-refractivity contribution in [2.45, 2.75) is 11.8 Å². The van der Waals surface area contributed by atoms with Crippen molar-refractivity contribution in [2.75, 3.05) is 5.32 Å². The van der Waals surface area contributed by atoms with Crippen molar-refractivity contribution in [3.8, 4) is 0 Å². The third kappa shape index (κ3) is 2.62. The molecule has 2 aromatic rings. The normalized spacial score (nSPS) is 19.3. The summed E-state index contributed by atoms with van der Waals surface area (Å²) in [6, 6.07) is 7.15. The number of carbonyl (C=O) groups is 2. The number of anilines is 1. The fourth-order valence-electron chi connectivity index (χ4n) is 2.49. The maximum absolute atomic E-state index is 13.8. The Bertz CT molecular complexity index is 867. The molecule has 1 aliphatic rings. The third-order valence-corrected chi connectivity index (χ3v) is 3.99. The fourth-order valence-corrected chi connectivity index (χ4v) is 2.71. The molecule has 9 heteroatoms. The minimum atomic E-state index is -5.25. The van der Waals surface area contributed by atoms with Crippen molar-refractivity contribution in [1.82, 2.24) is 0 Å². The molecule has 0 spiro atoms. The monoisotopic (exact) mass is 373 g/mol. The van der Waals surface area contributed by atoms with E-state index in [0.717, 1.165) is 30.3 Å². The number of ether oxygens (including phenoxy) is 1. The van der Waals surface area contributed by atoms with E-state index in [0.29, 0.717) is 0 Å². The fraction of sp³-hybridized carbons (Fsp3) is 0.125. The Labute approximate surface area is 143 Å². The lowest BCUT2D eigenvalue weighted by Crippen LogP contribution is -2.51. The number of carbonyl (C=O) groups excluding carboxylic acids is 2. The van der Waals surface area contributed by atoms with Crippen LogP contribution in [0, 0.1) is 5.82 Å². The summed E-state index contributed by atoms with van der Waals surface area (Å²) in [4.78, 5) is 24.3. The van der Waals surface area contributed by atoms with E-state index in [9.17, 15) is 27.2 Å². The lowest BCUT2D eigenvalue weighted by Gasteiger charge is -2.29. The molecule has 1 amide bonds. The van der Waals surface area contributed by atoms with Gasteiger partial charge in [0.05, 0.1) is 16.3 Å². The Balaban J connectivity index is 2.11. The van der Waals surface area contributed by atoms with E-state index in [2.05, 4.69) is 4.74 Å². The molecule has 2 aromatic carbocycles. The van der Waals surface area contributed by atoms with Crippen molar-refractivity contribution < 1.29 is 31.9 Å². The molecule has 0 saturated carbocycles. The van der Waals surface area contributed by atoms with E-state index in [1.807, 2.05) is 5.32 Å². The van der Waals surface area contributed by atoms with E-state index in [1.54, 1.807) is 0 Å². The summed E-state index contributed by atoms with van der Waals surface area (Å²) in [5.41, 5.74) is -4.78. The van der Waals surface area contributed by atoms with Crippen molar-refractivity contribution in [1.29, 1.82) is 0 Å². The van der Waals surface area contributed by atoms with Crippen LogP contribution in [0.2, 0.25) is 5.02 Å². The molecule has 130 valence electrons. The van der Waals surface area contributed by atoms with Crippen molar-refractivity contribution in [2.24, 2.45) is 0 Å². The first-order valence-corrected chi connectivity index (χ1v) is 7.20. The number of nitrogens with one attached hydrogen (secondary N) is 1. The second-order valence-electron chi connectivity index (χ2n) is 5.19. The second kappa shape index (κ2) is 5.73. The van der Waals surface area contributed by atoms with Gasteiger partial charge in [0, 0.05) is 5.56 Å². The summed E-state index contributed by atoms with van der Waals surface area (Å²) in [5.74, 6) is -3.70. The number of amides is 1. The van der Waals surface area contributed by atoms with E-state index in [4.69, 9.17) is 11.6 Å². The molecule has 0 aliphatic carbocycles. The van der Waals surface area contributed by atoms with Crippen LogP contribution >= 0.6 is 11.6 Å². The van der Waals surface area contributed by atoms with Crippen LogP contribution in [-0.4, -0.2) is 18.1 Å². The quantitative estimate of drug-likeness (QED) is 0.638. The van der Waals surface area contributed by atoms with Gasteiger partial charge in [-0.05, 0) is 30.3 Å². The molecule has 1 N–H and O–H groups in total.